The van der Waals surface area contributed by atoms with Gasteiger partial charge < -0.3 is 19.7 Å². The van der Waals surface area contributed by atoms with Crippen molar-refractivity contribution in [2.75, 3.05) is 25.7 Å². The fourth-order valence-corrected chi connectivity index (χ4v) is 3.37. The number of aromatic nitrogens is 3. The summed E-state index contributed by atoms with van der Waals surface area (Å²) in [5.74, 6) is 1.23. The van der Waals surface area contributed by atoms with Gasteiger partial charge >= 0.3 is 0 Å². The van der Waals surface area contributed by atoms with Crippen molar-refractivity contribution < 1.29 is 14.3 Å². The van der Waals surface area contributed by atoms with E-state index in [4.69, 9.17) is 9.47 Å². The molecule has 0 saturated heterocycles. The Morgan fingerprint density at radius 3 is 2.53 bits per heavy atom. The number of amides is 1. The topological polar surface area (TPSA) is 98.6 Å². The number of nitrogens with zero attached hydrogens (tertiary/aromatic N) is 4. The van der Waals surface area contributed by atoms with Crippen molar-refractivity contribution in [1.29, 1.82) is 0 Å². The third-order valence-corrected chi connectivity index (χ3v) is 4.95. The third-order valence-electron chi connectivity index (χ3n) is 4.95. The lowest BCUT2D eigenvalue weighted by molar-refractivity contribution is 0.0942. The summed E-state index contributed by atoms with van der Waals surface area (Å²) in [5.41, 5.74) is 0.969. The predicted molar refractivity (Wildman–Crippen MR) is 110 cm³/mol. The van der Waals surface area contributed by atoms with Crippen LogP contribution in [0.2, 0.25) is 0 Å². The summed E-state index contributed by atoms with van der Waals surface area (Å²) < 4.78 is 11.9. The zero-order chi connectivity index (χ0) is 21.1. The van der Waals surface area contributed by atoms with Crippen LogP contribution in [0.15, 0.2) is 53.3 Å². The molecule has 9 nitrogen and oxygen atoms in total. The zero-order valence-corrected chi connectivity index (χ0v) is 16.7. The first-order valence-electron chi connectivity index (χ1n) is 9.41. The smallest absolute Gasteiger partial charge is 0.286 e. The first kappa shape index (κ1) is 19.4. The fraction of sp³-hybridized carbons (Fsp3) is 0.238. The van der Waals surface area contributed by atoms with E-state index in [0.29, 0.717) is 24.8 Å². The summed E-state index contributed by atoms with van der Waals surface area (Å²) in [6.45, 7) is 1.19. The van der Waals surface area contributed by atoms with Gasteiger partial charge in [-0.25, -0.2) is 0 Å². The Hall–Kier alpha value is -3.88. The molecule has 0 bridgehead atoms. The van der Waals surface area contributed by atoms with E-state index < -0.39 is 11.5 Å². The summed E-state index contributed by atoms with van der Waals surface area (Å²) in [6, 6.07) is 14.8. The molecule has 2 aromatic carbocycles. The van der Waals surface area contributed by atoms with Crippen LogP contribution in [0.5, 0.6) is 11.5 Å². The first-order chi connectivity index (χ1) is 14.6. The monoisotopic (exact) mass is 407 g/mol. The van der Waals surface area contributed by atoms with Gasteiger partial charge in [0.25, 0.3) is 11.5 Å². The number of methoxy groups -OCH3 is 2. The van der Waals surface area contributed by atoms with Crippen molar-refractivity contribution in [3.05, 3.63) is 70.1 Å². The minimum atomic E-state index is -0.573. The molecule has 0 aliphatic carbocycles. The van der Waals surface area contributed by atoms with Gasteiger partial charge in [-0.15, -0.1) is 10.2 Å². The van der Waals surface area contributed by atoms with Crippen LogP contribution in [-0.2, 0) is 13.1 Å². The van der Waals surface area contributed by atoms with Gasteiger partial charge in [0, 0.05) is 30.9 Å². The summed E-state index contributed by atoms with van der Waals surface area (Å²) in [6.07, 6.45) is 0. The van der Waals surface area contributed by atoms with Gasteiger partial charge in [-0.3, -0.25) is 14.2 Å². The first-order valence-corrected chi connectivity index (χ1v) is 9.41. The number of nitrogens with one attached hydrogen (secondary N) is 1. The minimum absolute atomic E-state index is 0.212. The van der Waals surface area contributed by atoms with Crippen molar-refractivity contribution in [2.24, 2.45) is 0 Å². The average Bonchev–Trinajstić information content (AvgIpc) is 3.23. The average molecular weight is 407 g/mol. The minimum Gasteiger partial charge on any atom is -0.497 e. The number of fused-ring (bicyclic) bond motifs is 1. The van der Waals surface area contributed by atoms with E-state index in [1.165, 1.54) is 4.57 Å². The summed E-state index contributed by atoms with van der Waals surface area (Å²) in [5, 5.41) is 10.8. The summed E-state index contributed by atoms with van der Waals surface area (Å²) >= 11 is 0. The number of benzene rings is 2. The molecule has 1 amide bonds. The molecule has 30 heavy (non-hydrogen) atoms. The Balaban J connectivity index is 1.54. The van der Waals surface area contributed by atoms with Gasteiger partial charge in [-0.05, 0) is 30.3 Å². The highest BCUT2D eigenvalue weighted by Crippen LogP contribution is 2.28. The molecule has 1 aliphatic heterocycles. The van der Waals surface area contributed by atoms with E-state index in [0.717, 1.165) is 17.0 Å². The number of anilines is 2. The number of hydrogen-bond acceptors (Lipinski definition) is 7. The molecule has 0 saturated carbocycles. The van der Waals surface area contributed by atoms with Gasteiger partial charge in [-0.2, -0.15) is 0 Å². The molecule has 1 aliphatic rings. The molecule has 0 unspecified atom stereocenters. The van der Waals surface area contributed by atoms with E-state index in [1.54, 1.807) is 20.3 Å². The number of hydrogen-bond donors (Lipinski definition) is 1. The molecule has 1 aromatic heterocycles. The van der Waals surface area contributed by atoms with E-state index in [1.807, 2.05) is 47.4 Å². The second-order valence-corrected chi connectivity index (χ2v) is 6.65. The Morgan fingerprint density at radius 1 is 1.03 bits per heavy atom. The SMILES string of the molecule is COc1ccc(N2CCn3c2nnc(C(=O)NCc2ccccc2OC)c3=O)cc1. The molecule has 154 valence electrons. The second-order valence-electron chi connectivity index (χ2n) is 6.65. The highest BCUT2D eigenvalue weighted by molar-refractivity contribution is 5.91. The maximum absolute atomic E-state index is 12.8. The Bertz CT molecular complexity index is 1130. The summed E-state index contributed by atoms with van der Waals surface area (Å²) in [7, 11) is 3.17. The molecule has 0 spiro atoms. The van der Waals surface area contributed by atoms with Crippen LogP contribution in [0.4, 0.5) is 11.6 Å². The molecule has 2 heterocycles. The molecular formula is C21H21N5O4. The maximum atomic E-state index is 12.8. The molecule has 0 atom stereocenters. The van der Waals surface area contributed by atoms with Gasteiger partial charge in [0.15, 0.2) is 0 Å². The molecular weight excluding hydrogens is 386 g/mol. The van der Waals surface area contributed by atoms with E-state index in [-0.39, 0.29) is 12.2 Å². The zero-order valence-electron chi connectivity index (χ0n) is 16.7. The fourth-order valence-electron chi connectivity index (χ4n) is 3.37. The molecule has 3 aromatic rings. The van der Waals surface area contributed by atoms with Crippen LogP contribution < -0.4 is 25.2 Å². The lowest BCUT2D eigenvalue weighted by atomic mass is 10.2. The molecule has 1 N–H and O–H groups in total. The molecule has 4 rings (SSSR count). The Labute approximate surface area is 172 Å². The van der Waals surface area contributed by atoms with Crippen molar-refractivity contribution in [3.8, 4) is 11.5 Å². The predicted octanol–water partition coefficient (Wildman–Crippen LogP) is 1.74. The van der Waals surface area contributed by atoms with Crippen LogP contribution in [0.25, 0.3) is 0 Å². The standard InChI is InChI=1S/C21H21N5O4/c1-29-16-9-7-15(8-10-16)25-11-12-26-20(28)18(23-24-21(25)26)19(27)22-13-14-5-3-4-6-17(14)30-2/h3-10H,11-13H2,1-2H3,(H,22,27). The van der Waals surface area contributed by atoms with Crippen LogP contribution in [-0.4, -0.2) is 41.4 Å². The van der Waals surface area contributed by atoms with E-state index in [2.05, 4.69) is 15.5 Å². The van der Waals surface area contributed by atoms with Crippen LogP contribution in [0.1, 0.15) is 16.1 Å². The van der Waals surface area contributed by atoms with Gasteiger partial charge in [0.05, 0.1) is 14.2 Å². The lowest BCUT2D eigenvalue weighted by Crippen LogP contribution is -2.34. The largest absolute Gasteiger partial charge is 0.497 e. The number of carbonyl (C=O) groups is 1. The normalized spacial score (nSPS) is 12.4. The quantitative estimate of drug-likeness (QED) is 0.664. The Morgan fingerprint density at radius 2 is 1.80 bits per heavy atom. The number of ether oxygens (including phenoxy) is 2. The maximum Gasteiger partial charge on any atom is 0.286 e. The van der Waals surface area contributed by atoms with Gasteiger partial charge in [-0.1, -0.05) is 18.2 Å². The lowest BCUT2D eigenvalue weighted by Gasteiger charge is -2.17. The van der Waals surface area contributed by atoms with Gasteiger partial charge in [0.2, 0.25) is 11.6 Å². The van der Waals surface area contributed by atoms with E-state index in [9.17, 15) is 9.59 Å². The van der Waals surface area contributed by atoms with Gasteiger partial charge in [0.1, 0.15) is 11.5 Å². The summed E-state index contributed by atoms with van der Waals surface area (Å²) in [4.78, 5) is 27.3. The van der Waals surface area contributed by atoms with Crippen LogP contribution in [0.3, 0.4) is 0 Å². The highest BCUT2D eigenvalue weighted by atomic mass is 16.5. The number of para-hydroxylation sites is 1. The van der Waals surface area contributed by atoms with Crippen LogP contribution in [0, 0.1) is 0 Å². The number of carbonyl (C=O) groups excluding carboxylic acids is 1. The van der Waals surface area contributed by atoms with Crippen molar-refractivity contribution in [2.45, 2.75) is 13.1 Å². The Kier molecular flexibility index (Phi) is 5.34. The third kappa shape index (κ3) is 3.57. The second kappa shape index (κ2) is 8.24. The van der Waals surface area contributed by atoms with Crippen LogP contribution >= 0.6 is 0 Å². The van der Waals surface area contributed by atoms with Crippen molar-refractivity contribution >= 4 is 17.5 Å². The molecule has 0 fully saturated rings. The molecule has 0 radical (unpaired) electrons. The van der Waals surface area contributed by atoms with E-state index >= 15 is 0 Å². The molecule has 9 heteroatoms. The number of rotatable bonds is 6. The van der Waals surface area contributed by atoms with Crippen molar-refractivity contribution in [3.63, 3.8) is 0 Å². The van der Waals surface area contributed by atoms with Crippen molar-refractivity contribution in [1.82, 2.24) is 20.1 Å². The highest BCUT2D eigenvalue weighted by Gasteiger charge is 2.27.